The number of hydrogen-bond donors (Lipinski definition) is 3. The molecule has 0 spiro atoms. The van der Waals surface area contributed by atoms with Crippen LogP contribution in [0.3, 0.4) is 0 Å². The molecule has 0 saturated carbocycles. The van der Waals surface area contributed by atoms with Crippen LogP contribution in [-0.4, -0.2) is 29.7 Å². The number of pyridine rings is 1. The summed E-state index contributed by atoms with van der Waals surface area (Å²) in [5, 5.41) is 6.35. The summed E-state index contributed by atoms with van der Waals surface area (Å²) in [5.41, 5.74) is -0.0909. The van der Waals surface area contributed by atoms with Gasteiger partial charge >= 0.3 is 6.03 Å². The number of fused-ring (bicyclic) bond motifs is 1. The largest absolute Gasteiger partial charge is 0.328 e. The number of carbonyl (C=O) groups is 1. The Bertz CT molecular complexity index is 1360. The Morgan fingerprint density at radius 1 is 1.16 bits per heavy atom. The van der Waals surface area contributed by atoms with Crippen LogP contribution in [0, 0.1) is 11.6 Å². The molecule has 32 heavy (non-hydrogen) atoms. The first-order valence-electron chi connectivity index (χ1n) is 9.27. The predicted octanol–water partition coefficient (Wildman–Crippen LogP) is 3.69. The third-order valence-electron chi connectivity index (χ3n) is 5.04. The van der Waals surface area contributed by atoms with E-state index in [1.807, 2.05) is 0 Å². The lowest BCUT2D eigenvalue weighted by atomic mass is 10.0. The van der Waals surface area contributed by atoms with E-state index in [0.717, 1.165) is 29.2 Å². The molecule has 4 N–H and O–H groups in total. The Kier molecular flexibility index (Phi) is 6.54. The number of halogens is 3. The van der Waals surface area contributed by atoms with Crippen LogP contribution in [0.4, 0.5) is 19.3 Å². The number of urea groups is 1. The highest BCUT2D eigenvalue weighted by molar-refractivity contribution is 7.89. The van der Waals surface area contributed by atoms with Gasteiger partial charge in [0.15, 0.2) is 0 Å². The van der Waals surface area contributed by atoms with Crippen LogP contribution in [0.2, 0.25) is 5.02 Å². The number of hydrogen-bond acceptors (Lipinski definition) is 4. The van der Waals surface area contributed by atoms with Crippen molar-refractivity contribution < 1.29 is 22.0 Å². The number of anilines is 1. The van der Waals surface area contributed by atoms with Gasteiger partial charge in [-0.3, -0.25) is 9.69 Å². The molecule has 12 heteroatoms. The second kappa shape index (κ2) is 8.85. The third kappa shape index (κ3) is 4.74. The highest BCUT2D eigenvalue weighted by Crippen LogP contribution is 2.30. The normalized spacial score (nSPS) is 13.6. The fraction of sp³-hybridized carbons (Fsp3) is 0.200. The van der Waals surface area contributed by atoms with Crippen molar-refractivity contribution in [1.82, 2.24) is 9.88 Å². The Hall–Kier alpha value is -3.02. The zero-order valence-electron chi connectivity index (χ0n) is 16.9. The zero-order valence-corrected chi connectivity index (χ0v) is 18.5. The van der Waals surface area contributed by atoms with E-state index in [9.17, 15) is 26.8 Å². The molecule has 2 aromatic carbocycles. The fourth-order valence-corrected chi connectivity index (χ4v) is 4.10. The van der Waals surface area contributed by atoms with Crippen molar-refractivity contribution in [3.05, 3.63) is 75.2 Å². The summed E-state index contributed by atoms with van der Waals surface area (Å²) >= 11 is 5.74. The molecular formula is C20H19ClF2N4O4S. The van der Waals surface area contributed by atoms with E-state index in [-0.39, 0.29) is 27.0 Å². The molecule has 0 bridgehead atoms. The van der Waals surface area contributed by atoms with Crippen LogP contribution in [-0.2, 0) is 10.0 Å². The monoisotopic (exact) mass is 484 g/mol. The van der Waals surface area contributed by atoms with Crippen LogP contribution in [0.25, 0.3) is 10.8 Å². The highest BCUT2D eigenvalue weighted by atomic mass is 35.5. The maximum absolute atomic E-state index is 13.9. The molecule has 3 aromatic rings. The molecule has 0 saturated heterocycles. The summed E-state index contributed by atoms with van der Waals surface area (Å²) in [4.78, 5) is 28.6. The van der Waals surface area contributed by atoms with Gasteiger partial charge in [-0.1, -0.05) is 11.6 Å². The van der Waals surface area contributed by atoms with E-state index in [1.165, 1.54) is 32.2 Å². The van der Waals surface area contributed by atoms with Gasteiger partial charge in [0, 0.05) is 17.3 Å². The van der Waals surface area contributed by atoms with E-state index in [0.29, 0.717) is 0 Å². The van der Waals surface area contributed by atoms with Gasteiger partial charge in [-0.2, -0.15) is 0 Å². The lowest BCUT2D eigenvalue weighted by Gasteiger charge is -2.34. The summed E-state index contributed by atoms with van der Waals surface area (Å²) in [6, 6.07) is 5.08. The Balaban J connectivity index is 2.10. The third-order valence-corrected chi connectivity index (χ3v) is 6.50. The number of nitrogens with zero attached hydrogens (tertiary/aromatic N) is 1. The van der Waals surface area contributed by atoms with E-state index < -0.39 is 44.7 Å². The van der Waals surface area contributed by atoms with Gasteiger partial charge < -0.3 is 10.3 Å². The average molecular weight is 485 g/mol. The molecule has 2 amide bonds. The minimum atomic E-state index is -4.24. The van der Waals surface area contributed by atoms with Crippen molar-refractivity contribution in [2.24, 2.45) is 5.14 Å². The minimum Gasteiger partial charge on any atom is -0.328 e. The van der Waals surface area contributed by atoms with E-state index in [4.69, 9.17) is 16.7 Å². The number of carbonyl (C=O) groups excluding carboxylic acids is 1. The van der Waals surface area contributed by atoms with Crippen LogP contribution in [0.5, 0.6) is 0 Å². The van der Waals surface area contributed by atoms with Gasteiger partial charge in [0.2, 0.25) is 10.0 Å². The standard InChI is InChI=1S/C20H19ClF2N4O4S/c1-10(16-9-25-19(28)14-5-3-12(22)7-15(14)16)27(11(2)32(24,30)31)20(29)26-13-4-6-18(23)17(21)8-13/h3-11H,1-2H3,(H,25,28)(H,26,29)(H2,24,30,31). The SMILES string of the molecule is CC(c1c[nH]c(=O)c2ccc(F)cc12)N(C(=O)Nc1ccc(F)c(Cl)c1)C(C)S(N)(=O)=O. The molecule has 8 nitrogen and oxygen atoms in total. The number of benzene rings is 2. The zero-order chi connectivity index (χ0) is 23.8. The Labute approximate surface area is 187 Å². The number of H-pyrrole nitrogens is 1. The molecule has 1 aromatic heterocycles. The van der Waals surface area contributed by atoms with Crippen molar-refractivity contribution in [2.75, 3.05) is 5.32 Å². The number of primary sulfonamides is 1. The number of sulfonamides is 1. The highest BCUT2D eigenvalue weighted by Gasteiger charge is 2.34. The molecule has 0 fully saturated rings. The molecule has 2 atom stereocenters. The lowest BCUT2D eigenvalue weighted by molar-refractivity contribution is 0.187. The molecule has 3 rings (SSSR count). The fourth-order valence-electron chi connectivity index (χ4n) is 3.32. The number of nitrogens with two attached hydrogens (primary N) is 1. The summed E-state index contributed by atoms with van der Waals surface area (Å²) in [5.74, 6) is -1.32. The number of nitrogens with one attached hydrogen (secondary N) is 2. The molecule has 170 valence electrons. The van der Waals surface area contributed by atoms with E-state index in [1.54, 1.807) is 0 Å². The first-order chi connectivity index (χ1) is 14.9. The molecule has 2 unspecified atom stereocenters. The lowest BCUT2D eigenvalue weighted by Crippen LogP contribution is -2.48. The van der Waals surface area contributed by atoms with Gasteiger partial charge in [-0.15, -0.1) is 0 Å². The summed E-state index contributed by atoms with van der Waals surface area (Å²) in [6.45, 7) is 2.70. The number of aromatic nitrogens is 1. The predicted molar refractivity (Wildman–Crippen MR) is 118 cm³/mol. The van der Waals surface area contributed by atoms with Crippen molar-refractivity contribution in [3.8, 4) is 0 Å². The van der Waals surface area contributed by atoms with Crippen LogP contribution in [0.1, 0.15) is 25.5 Å². The van der Waals surface area contributed by atoms with Gasteiger partial charge in [-0.05, 0) is 61.2 Å². The van der Waals surface area contributed by atoms with Crippen LogP contribution >= 0.6 is 11.6 Å². The molecular weight excluding hydrogens is 466 g/mol. The average Bonchev–Trinajstić information content (AvgIpc) is 2.70. The summed E-state index contributed by atoms with van der Waals surface area (Å²) < 4.78 is 51.6. The second-order valence-corrected chi connectivity index (χ2v) is 9.36. The first kappa shape index (κ1) is 23.6. The van der Waals surface area contributed by atoms with Gasteiger partial charge in [0.1, 0.15) is 17.0 Å². The number of rotatable bonds is 5. The number of aromatic amines is 1. The molecule has 0 aliphatic heterocycles. The van der Waals surface area contributed by atoms with Crippen molar-refractivity contribution in [1.29, 1.82) is 0 Å². The molecule has 0 aliphatic rings. The van der Waals surface area contributed by atoms with Crippen molar-refractivity contribution in [2.45, 2.75) is 25.3 Å². The smallest absolute Gasteiger partial charge is 0.323 e. The second-order valence-electron chi connectivity index (χ2n) is 7.09. The summed E-state index contributed by atoms with van der Waals surface area (Å²) in [7, 11) is -4.24. The van der Waals surface area contributed by atoms with E-state index in [2.05, 4.69) is 10.3 Å². The Morgan fingerprint density at radius 3 is 2.47 bits per heavy atom. The molecule has 1 heterocycles. The maximum atomic E-state index is 13.9. The van der Waals surface area contributed by atoms with Crippen molar-refractivity contribution in [3.63, 3.8) is 0 Å². The summed E-state index contributed by atoms with van der Waals surface area (Å²) in [6.07, 6.45) is 1.28. The van der Waals surface area contributed by atoms with E-state index >= 15 is 0 Å². The van der Waals surface area contributed by atoms with Crippen LogP contribution in [0.15, 0.2) is 47.4 Å². The quantitative estimate of drug-likeness (QED) is 0.510. The first-order valence-corrected chi connectivity index (χ1v) is 11.3. The molecule has 0 radical (unpaired) electrons. The van der Waals surface area contributed by atoms with Crippen LogP contribution < -0.4 is 16.0 Å². The van der Waals surface area contributed by atoms with Gasteiger partial charge in [0.05, 0.1) is 11.1 Å². The Morgan fingerprint density at radius 2 is 1.84 bits per heavy atom. The topological polar surface area (TPSA) is 125 Å². The van der Waals surface area contributed by atoms with Crippen molar-refractivity contribution >= 4 is 44.1 Å². The van der Waals surface area contributed by atoms with Gasteiger partial charge in [0.25, 0.3) is 5.56 Å². The molecule has 0 aliphatic carbocycles. The maximum Gasteiger partial charge on any atom is 0.323 e. The minimum absolute atomic E-state index is 0.109. The van der Waals surface area contributed by atoms with Gasteiger partial charge in [-0.25, -0.2) is 27.1 Å². The number of amides is 2.